The molecule has 0 radical (unpaired) electrons. The molecule has 0 fully saturated rings. The zero-order valence-corrected chi connectivity index (χ0v) is 16.6. The molecule has 0 aromatic carbocycles. The molecule has 0 atom stereocenters. The lowest BCUT2D eigenvalue weighted by Crippen LogP contribution is -2.12. The molecule has 0 unspecified atom stereocenters. The van der Waals surface area contributed by atoms with Crippen molar-refractivity contribution < 1.29 is 9.53 Å². The van der Waals surface area contributed by atoms with Crippen LogP contribution in [0.25, 0.3) is 11.1 Å². The molecule has 0 amide bonds. The van der Waals surface area contributed by atoms with Crippen molar-refractivity contribution in [2.24, 2.45) is 0 Å². The first kappa shape index (κ1) is 18.9. The maximum atomic E-state index is 12.7. The lowest BCUT2D eigenvalue weighted by molar-refractivity contribution is 0.0525. The van der Waals surface area contributed by atoms with Gasteiger partial charge in [-0.25, -0.2) is 4.79 Å². The molecule has 6 heteroatoms. The van der Waals surface area contributed by atoms with E-state index >= 15 is 0 Å². The number of carbonyl (C=O) groups is 1. The fourth-order valence-electron chi connectivity index (χ4n) is 3.61. The van der Waals surface area contributed by atoms with Crippen molar-refractivity contribution in [1.29, 1.82) is 10.5 Å². The largest absolute Gasteiger partial charge is 0.462 e. The van der Waals surface area contributed by atoms with Gasteiger partial charge in [0.2, 0.25) is 0 Å². The molecule has 0 bridgehead atoms. The number of nitriles is 2. The summed E-state index contributed by atoms with van der Waals surface area (Å²) in [4.78, 5) is 14.0. The van der Waals surface area contributed by atoms with E-state index in [0.717, 1.165) is 53.2 Å². The number of ether oxygens (including phenoxy) is 1. The average molecular weight is 379 g/mol. The van der Waals surface area contributed by atoms with E-state index < -0.39 is 0 Å². The van der Waals surface area contributed by atoms with Crippen LogP contribution in [0.1, 0.15) is 57.5 Å². The lowest BCUT2D eigenvalue weighted by atomic mass is 9.95. The van der Waals surface area contributed by atoms with Crippen molar-refractivity contribution in [1.82, 2.24) is 4.57 Å². The molecular weight excluding hydrogens is 358 g/mol. The van der Waals surface area contributed by atoms with E-state index in [4.69, 9.17) is 15.3 Å². The van der Waals surface area contributed by atoms with Gasteiger partial charge in [-0.2, -0.15) is 10.5 Å². The van der Waals surface area contributed by atoms with Crippen molar-refractivity contribution in [3.05, 3.63) is 44.6 Å². The zero-order valence-electron chi connectivity index (χ0n) is 15.8. The Kier molecular flexibility index (Phi) is 5.48. The lowest BCUT2D eigenvalue weighted by Gasteiger charge is -2.13. The number of allylic oxidation sites excluding steroid dienone is 1. The maximum absolute atomic E-state index is 12.7. The first-order valence-electron chi connectivity index (χ1n) is 9.04. The number of thiophene rings is 1. The number of fused-ring (bicyclic) bond motifs is 1. The Morgan fingerprint density at radius 2 is 2.00 bits per heavy atom. The number of esters is 1. The van der Waals surface area contributed by atoms with Crippen LogP contribution in [0.2, 0.25) is 0 Å². The van der Waals surface area contributed by atoms with Gasteiger partial charge in [0.15, 0.2) is 0 Å². The quantitative estimate of drug-likeness (QED) is 0.572. The Morgan fingerprint density at radius 3 is 2.67 bits per heavy atom. The highest BCUT2D eigenvalue weighted by Crippen LogP contribution is 2.39. The molecule has 0 saturated carbocycles. The van der Waals surface area contributed by atoms with E-state index in [1.807, 2.05) is 43.5 Å². The monoisotopic (exact) mass is 379 g/mol. The molecule has 2 heterocycles. The summed E-state index contributed by atoms with van der Waals surface area (Å²) in [6.45, 7) is 6.07. The fourth-order valence-corrected chi connectivity index (χ4v) is 5.10. The fraction of sp³-hybridized carbons (Fsp3) is 0.381. The molecule has 138 valence electrons. The predicted molar refractivity (Wildman–Crippen MR) is 105 cm³/mol. The van der Waals surface area contributed by atoms with E-state index in [0.29, 0.717) is 12.2 Å². The van der Waals surface area contributed by atoms with Crippen LogP contribution in [0.3, 0.4) is 0 Å². The van der Waals surface area contributed by atoms with Crippen LogP contribution < -0.4 is 0 Å². The smallest absolute Gasteiger partial charge is 0.341 e. The van der Waals surface area contributed by atoms with Crippen LogP contribution in [0.5, 0.6) is 0 Å². The normalized spacial score (nSPS) is 12.6. The average Bonchev–Trinajstić information content (AvgIpc) is 3.16. The summed E-state index contributed by atoms with van der Waals surface area (Å²) in [6, 6.07) is 5.74. The molecule has 0 spiro atoms. The van der Waals surface area contributed by atoms with E-state index in [2.05, 4.69) is 0 Å². The van der Waals surface area contributed by atoms with Gasteiger partial charge in [0.1, 0.15) is 22.7 Å². The summed E-state index contributed by atoms with van der Waals surface area (Å²) in [7, 11) is 0. The predicted octanol–water partition coefficient (Wildman–Crippen LogP) is 4.64. The van der Waals surface area contributed by atoms with Crippen LogP contribution in [-0.4, -0.2) is 17.1 Å². The van der Waals surface area contributed by atoms with Crippen molar-refractivity contribution in [3.63, 3.8) is 0 Å². The molecule has 2 aromatic rings. The van der Waals surface area contributed by atoms with Gasteiger partial charge in [0.05, 0.1) is 12.2 Å². The summed E-state index contributed by atoms with van der Waals surface area (Å²) in [5.41, 5.74) is 4.53. The Hall–Kier alpha value is -2.83. The van der Waals surface area contributed by atoms with Gasteiger partial charge in [-0.3, -0.25) is 0 Å². The van der Waals surface area contributed by atoms with Crippen LogP contribution in [0, 0.1) is 36.5 Å². The summed E-state index contributed by atoms with van der Waals surface area (Å²) < 4.78 is 7.41. The molecule has 0 aliphatic heterocycles. The van der Waals surface area contributed by atoms with Gasteiger partial charge in [0.25, 0.3) is 0 Å². The molecule has 1 aliphatic carbocycles. The highest BCUT2D eigenvalue weighted by Gasteiger charge is 2.28. The Bertz CT molecular complexity index is 996. The van der Waals surface area contributed by atoms with Gasteiger partial charge in [-0.15, -0.1) is 11.3 Å². The number of hydrogen-bond donors (Lipinski definition) is 0. The minimum atomic E-state index is -0.272. The van der Waals surface area contributed by atoms with E-state index in [-0.39, 0.29) is 11.5 Å². The third-order valence-electron chi connectivity index (χ3n) is 4.85. The van der Waals surface area contributed by atoms with Gasteiger partial charge in [-0.1, -0.05) is 0 Å². The van der Waals surface area contributed by atoms with Crippen LogP contribution in [0.15, 0.2) is 11.6 Å². The molecule has 27 heavy (non-hydrogen) atoms. The third-order valence-corrected chi connectivity index (χ3v) is 6.12. The Labute approximate surface area is 163 Å². The molecule has 3 rings (SSSR count). The SMILES string of the molecule is CCOC(=O)c1c(-n2c(C)cc(C=C(C#N)C#N)c2C)sc2c1CCCC2. The second kappa shape index (κ2) is 7.82. The van der Waals surface area contributed by atoms with Gasteiger partial charge in [0, 0.05) is 16.3 Å². The van der Waals surface area contributed by atoms with Gasteiger partial charge >= 0.3 is 5.97 Å². The second-order valence-corrected chi connectivity index (χ2v) is 7.64. The third kappa shape index (κ3) is 3.41. The van der Waals surface area contributed by atoms with Gasteiger partial charge < -0.3 is 9.30 Å². The van der Waals surface area contributed by atoms with Crippen LogP contribution in [-0.2, 0) is 17.6 Å². The van der Waals surface area contributed by atoms with E-state index in [9.17, 15) is 4.79 Å². The topological polar surface area (TPSA) is 78.8 Å². The summed E-state index contributed by atoms with van der Waals surface area (Å²) in [5.74, 6) is -0.272. The summed E-state index contributed by atoms with van der Waals surface area (Å²) in [5, 5.41) is 19.0. The Morgan fingerprint density at radius 1 is 1.30 bits per heavy atom. The van der Waals surface area contributed by atoms with Crippen LogP contribution >= 0.6 is 11.3 Å². The first-order chi connectivity index (χ1) is 13.0. The van der Waals surface area contributed by atoms with Crippen molar-refractivity contribution in [2.75, 3.05) is 6.61 Å². The van der Waals surface area contributed by atoms with Crippen LogP contribution in [0.4, 0.5) is 0 Å². The highest BCUT2D eigenvalue weighted by molar-refractivity contribution is 7.15. The summed E-state index contributed by atoms with van der Waals surface area (Å²) >= 11 is 1.65. The molecule has 0 N–H and O–H groups in total. The maximum Gasteiger partial charge on any atom is 0.341 e. The zero-order chi connectivity index (χ0) is 19.6. The molecule has 1 aliphatic rings. The highest BCUT2D eigenvalue weighted by atomic mass is 32.1. The van der Waals surface area contributed by atoms with E-state index in [1.54, 1.807) is 17.4 Å². The number of hydrogen-bond acceptors (Lipinski definition) is 5. The minimum absolute atomic E-state index is 0.0614. The van der Waals surface area contributed by atoms with Crippen molar-refractivity contribution in [2.45, 2.75) is 46.5 Å². The number of aryl methyl sites for hydroxylation is 2. The molecule has 2 aromatic heterocycles. The number of nitrogens with zero attached hydrogens (tertiary/aromatic N) is 3. The van der Waals surface area contributed by atoms with E-state index in [1.165, 1.54) is 4.88 Å². The molecule has 5 nitrogen and oxygen atoms in total. The number of rotatable bonds is 4. The Balaban J connectivity index is 2.21. The van der Waals surface area contributed by atoms with Crippen molar-refractivity contribution >= 4 is 23.4 Å². The summed E-state index contributed by atoms with van der Waals surface area (Å²) in [6.07, 6.45) is 5.71. The number of carbonyl (C=O) groups excluding carboxylic acids is 1. The van der Waals surface area contributed by atoms with Crippen molar-refractivity contribution in [3.8, 4) is 17.1 Å². The number of aromatic nitrogens is 1. The second-order valence-electron chi connectivity index (χ2n) is 6.56. The molecule has 0 saturated heterocycles. The van der Waals surface area contributed by atoms with Gasteiger partial charge in [-0.05, 0) is 69.7 Å². The molecular formula is C21H21N3O2S. The minimum Gasteiger partial charge on any atom is -0.462 e. The standard InChI is InChI=1S/C21H21N3O2S/c1-4-26-21(25)19-17-7-5-6-8-18(17)27-20(19)24-13(2)9-16(14(24)3)10-15(11-22)12-23/h9-10H,4-8H2,1-3H3. The first-order valence-corrected chi connectivity index (χ1v) is 9.86.